The SMILES string of the molecule is CC(C)c1cc(CO)nn1C[C@H]1CC[C@H](NC(=O)c2cc(C(F)(F)F)ccc2Cl)CC1. The van der Waals surface area contributed by atoms with Gasteiger partial charge in [-0.1, -0.05) is 25.4 Å². The van der Waals surface area contributed by atoms with Gasteiger partial charge in [-0.05, 0) is 61.8 Å². The Kier molecular flexibility index (Phi) is 7.31. The minimum atomic E-state index is -4.53. The molecule has 1 aliphatic rings. The molecule has 1 fully saturated rings. The van der Waals surface area contributed by atoms with Gasteiger partial charge in [0, 0.05) is 18.3 Å². The van der Waals surface area contributed by atoms with Crippen LogP contribution in [-0.4, -0.2) is 26.8 Å². The lowest BCUT2D eigenvalue weighted by Crippen LogP contribution is -2.38. The van der Waals surface area contributed by atoms with Gasteiger partial charge in [0.15, 0.2) is 0 Å². The predicted octanol–water partition coefficient (Wildman–Crippen LogP) is 5.16. The second-order valence-electron chi connectivity index (χ2n) is 8.44. The summed E-state index contributed by atoms with van der Waals surface area (Å²) in [7, 11) is 0. The van der Waals surface area contributed by atoms with Gasteiger partial charge in [-0.3, -0.25) is 9.48 Å². The fraction of sp³-hybridized carbons (Fsp3) is 0.545. The van der Waals surface area contributed by atoms with E-state index in [1.54, 1.807) is 0 Å². The molecule has 31 heavy (non-hydrogen) atoms. The van der Waals surface area contributed by atoms with Crippen molar-refractivity contribution in [2.75, 3.05) is 0 Å². The highest BCUT2D eigenvalue weighted by Crippen LogP contribution is 2.32. The number of carbonyl (C=O) groups excluding carboxylic acids is 1. The maximum Gasteiger partial charge on any atom is 0.416 e. The van der Waals surface area contributed by atoms with Crippen LogP contribution < -0.4 is 5.32 Å². The normalized spacial score (nSPS) is 19.6. The zero-order chi connectivity index (χ0) is 22.8. The summed E-state index contributed by atoms with van der Waals surface area (Å²) in [5.41, 5.74) is 0.683. The van der Waals surface area contributed by atoms with Crippen molar-refractivity contribution >= 4 is 17.5 Å². The highest BCUT2D eigenvalue weighted by molar-refractivity contribution is 6.33. The lowest BCUT2D eigenvalue weighted by molar-refractivity contribution is -0.137. The van der Waals surface area contributed by atoms with Gasteiger partial charge in [-0.2, -0.15) is 18.3 Å². The van der Waals surface area contributed by atoms with Crippen LogP contribution in [0.25, 0.3) is 0 Å². The fourth-order valence-corrected chi connectivity index (χ4v) is 4.25. The number of nitrogens with one attached hydrogen (secondary N) is 1. The van der Waals surface area contributed by atoms with Crippen molar-refractivity contribution in [3.63, 3.8) is 0 Å². The van der Waals surface area contributed by atoms with Crippen LogP contribution in [0.5, 0.6) is 0 Å². The van der Waals surface area contributed by atoms with Crippen molar-refractivity contribution in [2.24, 2.45) is 5.92 Å². The molecule has 0 saturated heterocycles. The molecular formula is C22H27ClF3N3O2. The van der Waals surface area contributed by atoms with E-state index in [1.807, 2.05) is 10.7 Å². The molecule has 0 unspecified atom stereocenters. The zero-order valence-electron chi connectivity index (χ0n) is 17.5. The maximum absolute atomic E-state index is 13.0. The second-order valence-corrected chi connectivity index (χ2v) is 8.85. The molecule has 0 spiro atoms. The quantitative estimate of drug-likeness (QED) is 0.629. The third-order valence-corrected chi connectivity index (χ3v) is 6.10. The van der Waals surface area contributed by atoms with Crippen molar-refractivity contribution in [2.45, 2.75) is 70.8 Å². The molecule has 0 bridgehead atoms. The number of aromatic nitrogens is 2. The van der Waals surface area contributed by atoms with Gasteiger partial charge in [0.25, 0.3) is 5.91 Å². The number of aliphatic hydroxyl groups excluding tert-OH is 1. The Labute approximate surface area is 184 Å². The van der Waals surface area contributed by atoms with Gasteiger partial charge in [-0.25, -0.2) is 0 Å². The Bertz CT molecular complexity index is 919. The first-order chi connectivity index (χ1) is 14.6. The highest BCUT2D eigenvalue weighted by atomic mass is 35.5. The van der Waals surface area contributed by atoms with Crippen molar-refractivity contribution in [3.05, 3.63) is 51.8 Å². The van der Waals surface area contributed by atoms with Crippen LogP contribution in [-0.2, 0) is 19.3 Å². The molecule has 1 aromatic carbocycles. The van der Waals surface area contributed by atoms with E-state index in [4.69, 9.17) is 11.6 Å². The first-order valence-electron chi connectivity index (χ1n) is 10.4. The molecule has 0 atom stereocenters. The average molecular weight is 458 g/mol. The molecule has 2 aromatic rings. The van der Waals surface area contributed by atoms with Crippen LogP contribution in [0.3, 0.4) is 0 Å². The first kappa shape index (κ1) is 23.6. The third-order valence-electron chi connectivity index (χ3n) is 5.77. The molecule has 2 N–H and O–H groups in total. The van der Waals surface area contributed by atoms with Gasteiger partial charge in [-0.15, -0.1) is 0 Å². The summed E-state index contributed by atoms with van der Waals surface area (Å²) in [6.45, 7) is 4.82. The van der Waals surface area contributed by atoms with Gasteiger partial charge in [0.2, 0.25) is 0 Å². The van der Waals surface area contributed by atoms with Crippen molar-refractivity contribution < 1.29 is 23.1 Å². The van der Waals surface area contributed by atoms with Gasteiger partial charge < -0.3 is 10.4 Å². The smallest absolute Gasteiger partial charge is 0.390 e. The van der Waals surface area contributed by atoms with E-state index in [2.05, 4.69) is 24.3 Å². The van der Waals surface area contributed by atoms with Crippen LogP contribution in [0, 0.1) is 5.92 Å². The van der Waals surface area contributed by atoms with E-state index in [9.17, 15) is 23.1 Å². The minimum absolute atomic E-state index is 0.00114. The number of hydrogen-bond acceptors (Lipinski definition) is 3. The van der Waals surface area contributed by atoms with Crippen molar-refractivity contribution in [1.29, 1.82) is 0 Å². The van der Waals surface area contributed by atoms with Gasteiger partial charge >= 0.3 is 6.18 Å². The number of amides is 1. The zero-order valence-corrected chi connectivity index (χ0v) is 18.3. The lowest BCUT2D eigenvalue weighted by Gasteiger charge is -2.29. The number of carbonyl (C=O) groups is 1. The topological polar surface area (TPSA) is 67.2 Å². The van der Waals surface area contributed by atoms with E-state index in [0.29, 0.717) is 17.5 Å². The standard InChI is InChI=1S/C22H27ClF3N3O2/c1-13(2)20-10-17(12-30)28-29(20)11-14-3-6-16(7-4-14)27-21(31)18-9-15(22(24,25)26)5-8-19(18)23/h5,8-10,13-14,16,30H,3-4,6-7,11-12H2,1-2H3,(H,27,31)/t14-,16-. The van der Waals surface area contributed by atoms with Crippen LogP contribution in [0.4, 0.5) is 13.2 Å². The summed E-state index contributed by atoms with van der Waals surface area (Å²) in [6.07, 6.45) is -1.33. The second kappa shape index (κ2) is 9.61. The molecule has 1 amide bonds. The van der Waals surface area contributed by atoms with Crippen molar-refractivity contribution in [1.82, 2.24) is 15.1 Å². The third kappa shape index (κ3) is 5.80. The van der Waals surface area contributed by atoms with Crippen LogP contribution in [0.15, 0.2) is 24.3 Å². The number of alkyl halides is 3. The number of rotatable bonds is 6. The van der Waals surface area contributed by atoms with E-state index < -0.39 is 17.6 Å². The molecule has 5 nitrogen and oxygen atoms in total. The Hall–Kier alpha value is -2.06. The molecule has 1 aliphatic carbocycles. The summed E-state index contributed by atoms with van der Waals surface area (Å²) in [4.78, 5) is 12.5. The maximum atomic E-state index is 13.0. The largest absolute Gasteiger partial charge is 0.416 e. The highest BCUT2D eigenvalue weighted by Gasteiger charge is 2.32. The van der Waals surface area contributed by atoms with E-state index >= 15 is 0 Å². The molecule has 0 radical (unpaired) electrons. The van der Waals surface area contributed by atoms with Gasteiger partial charge in [0.1, 0.15) is 0 Å². The summed E-state index contributed by atoms with van der Waals surface area (Å²) in [6, 6.07) is 4.59. The predicted molar refractivity (Wildman–Crippen MR) is 112 cm³/mol. The molecule has 1 heterocycles. The summed E-state index contributed by atoms with van der Waals surface area (Å²) in [5, 5.41) is 16.7. The number of aliphatic hydroxyl groups is 1. The van der Waals surface area contributed by atoms with E-state index in [1.165, 1.54) is 0 Å². The van der Waals surface area contributed by atoms with E-state index in [0.717, 1.165) is 56.1 Å². The molecule has 170 valence electrons. The summed E-state index contributed by atoms with van der Waals surface area (Å²) >= 11 is 5.97. The lowest BCUT2D eigenvalue weighted by atomic mass is 9.85. The van der Waals surface area contributed by atoms with Crippen molar-refractivity contribution in [3.8, 4) is 0 Å². The van der Waals surface area contributed by atoms with Gasteiger partial charge in [0.05, 0.1) is 28.5 Å². The molecule has 1 saturated carbocycles. The Balaban J connectivity index is 1.59. The Morgan fingerprint density at radius 1 is 1.26 bits per heavy atom. The summed E-state index contributed by atoms with van der Waals surface area (Å²) in [5.74, 6) is 0.0937. The molecule has 1 aromatic heterocycles. The Morgan fingerprint density at radius 2 is 1.94 bits per heavy atom. The molecule has 9 heteroatoms. The molecular weight excluding hydrogens is 431 g/mol. The van der Waals surface area contributed by atoms with Crippen LogP contribution in [0.2, 0.25) is 5.02 Å². The molecule has 3 rings (SSSR count). The molecule has 0 aliphatic heterocycles. The number of benzene rings is 1. The monoisotopic (exact) mass is 457 g/mol. The number of hydrogen-bond donors (Lipinski definition) is 2. The van der Waals surface area contributed by atoms with E-state index in [-0.39, 0.29) is 23.2 Å². The first-order valence-corrected chi connectivity index (χ1v) is 10.8. The van der Waals surface area contributed by atoms with Crippen LogP contribution >= 0.6 is 11.6 Å². The number of nitrogens with zero attached hydrogens (tertiary/aromatic N) is 2. The fourth-order valence-electron chi connectivity index (χ4n) is 4.05. The minimum Gasteiger partial charge on any atom is -0.390 e. The number of halogens is 4. The average Bonchev–Trinajstić information content (AvgIpc) is 3.12. The summed E-state index contributed by atoms with van der Waals surface area (Å²) < 4.78 is 40.8. The van der Waals surface area contributed by atoms with Crippen LogP contribution in [0.1, 0.15) is 72.8 Å². The Morgan fingerprint density at radius 3 is 2.52 bits per heavy atom.